The summed E-state index contributed by atoms with van der Waals surface area (Å²) in [6.45, 7) is 11.6. The number of carbonyl (C=O) groups excluding carboxylic acids is 1. The van der Waals surface area contributed by atoms with Gasteiger partial charge in [0.2, 0.25) is 0 Å². The minimum Gasteiger partial charge on any atom is -0.459 e. The first-order valence-corrected chi connectivity index (χ1v) is 10.2. The molecule has 5 heteroatoms. The molecular weight excluding hydrogens is 350 g/mol. The number of likely N-dealkylation sites (N-methyl/N-ethyl adjacent to an activating group) is 1. The van der Waals surface area contributed by atoms with Gasteiger partial charge in [0.25, 0.3) is 0 Å². The minimum absolute atomic E-state index is 0.146. The normalized spacial score (nSPS) is 16.8. The molecule has 3 rings (SSSR count). The van der Waals surface area contributed by atoms with Crippen molar-refractivity contribution in [3.63, 3.8) is 0 Å². The number of pyridine rings is 1. The van der Waals surface area contributed by atoms with E-state index < -0.39 is 0 Å². The Morgan fingerprint density at radius 1 is 1.29 bits per heavy atom. The van der Waals surface area contributed by atoms with Gasteiger partial charge in [-0.15, -0.1) is 0 Å². The Morgan fingerprint density at radius 3 is 2.71 bits per heavy atom. The molecule has 0 bridgehead atoms. The largest absolute Gasteiger partial charge is 0.459 e. The van der Waals surface area contributed by atoms with E-state index in [0.717, 1.165) is 44.0 Å². The predicted molar refractivity (Wildman–Crippen MR) is 113 cm³/mol. The first kappa shape index (κ1) is 20.3. The second-order valence-electron chi connectivity index (χ2n) is 7.72. The fourth-order valence-corrected chi connectivity index (χ4v) is 3.86. The number of nitrogens with zero attached hydrogens (tertiary/aromatic N) is 3. The van der Waals surface area contributed by atoms with Crippen LogP contribution in [0.1, 0.15) is 48.7 Å². The molecule has 5 nitrogen and oxygen atoms in total. The summed E-state index contributed by atoms with van der Waals surface area (Å²) in [6.07, 6.45) is 2.70. The Bertz CT molecular complexity index is 792. The number of aromatic nitrogens is 1. The molecule has 150 valence electrons. The molecule has 1 aromatic carbocycles. The number of benzene rings is 1. The van der Waals surface area contributed by atoms with Crippen molar-refractivity contribution in [3.8, 4) is 0 Å². The smallest absolute Gasteiger partial charge is 0.342 e. The van der Waals surface area contributed by atoms with E-state index in [-0.39, 0.29) is 12.1 Å². The lowest BCUT2D eigenvalue weighted by Crippen LogP contribution is -2.37. The lowest BCUT2D eigenvalue weighted by atomic mass is 10.1. The van der Waals surface area contributed by atoms with Crippen LogP contribution >= 0.6 is 0 Å². The van der Waals surface area contributed by atoms with E-state index in [0.29, 0.717) is 11.6 Å². The minimum atomic E-state index is -0.282. The van der Waals surface area contributed by atoms with E-state index >= 15 is 0 Å². The standard InChI is InChI=1S/C23H31N3O2/c1-5-25(15-19-9-7-6-8-10-19)20-12-14-26(16-20)22-21(18(4)11-13-24-22)23(27)28-17(2)3/h6-11,13,17,20H,5,12,14-16H2,1-4H3. The van der Waals surface area contributed by atoms with E-state index in [2.05, 4.69) is 52.0 Å². The molecule has 1 unspecified atom stereocenters. The van der Waals surface area contributed by atoms with Gasteiger partial charge in [-0.3, -0.25) is 4.90 Å². The molecule has 1 aromatic heterocycles. The van der Waals surface area contributed by atoms with Crippen LogP contribution < -0.4 is 4.90 Å². The average molecular weight is 382 g/mol. The molecule has 2 heterocycles. The summed E-state index contributed by atoms with van der Waals surface area (Å²) in [7, 11) is 0. The van der Waals surface area contributed by atoms with E-state index in [9.17, 15) is 4.79 Å². The number of rotatable bonds is 7. The van der Waals surface area contributed by atoms with Crippen molar-refractivity contribution < 1.29 is 9.53 Å². The number of ether oxygens (including phenoxy) is 1. The fraction of sp³-hybridized carbons (Fsp3) is 0.478. The van der Waals surface area contributed by atoms with Crippen molar-refractivity contribution in [3.05, 3.63) is 59.3 Å². The quantitative estimate of drug-likeness (QED) is 0.677. The number of hydrogen-bond acceptors (Lipinski definition) is 5. The fourth-order valence-electron chi connectivity index (χ4n) is 3.86. The van der Waals surface area contributed by atoms with Crippen molar-refractivity contribution in [2.75, 3.05) is 24.5 Å². The van der Waals surface area contributed by atoms with Crippen molar-refractivity contribution in [2.24, 2.45) is 0 Å². The van der Waals surface area contributed by atoms with Crippen LogP contribution in [0.25, 0.3) is 0 Å². The van der Waals surface area contributed by atoms with Crippen LogP contribution in [0.2, 0.25) is 0 Å². The zero-order chi connectivity index (χ0) is 20.1. The van der Waals surface area contributed by atoms with E-state index in [4.69, 9.17) is 4.74 Å². The molecule has 0 saturated carbocycles. The third kappa shape index (κ3) is 4.71. The van der Waals surface area contributed by atoms with Crippen molar-refractivity contribution in [1.29, 1.82) is 0 Å². The molecule has 1 aliphatic rings. The lowest BCUT2D eigenvalue weighted by Gasteiger charge is -2.28. The maximum absolute atomic E-state index is 12.7. The van der Waals surface area contributed by atoms with Gasteiger partial charge in [0.05, 0.1) is 6.10 Å². The van der Waals surface area contributed by atoms with Crippen LogP contribution in [0.5, 0.6) is 0 Å². The summed E-state index contributed by atoms with van der Waals surface area (Å²) in [5, 5.41) is 0. The van der Waals surface area contributed by atoms with Gasteiger partial charge in [-0.2, -0.15) is 0 Å². The first-order valence-electron chi connectivity index (χ1n) is 10.2. The SMILES string of the molecule is CCN(Cc1ccccc1)C1CCN(c2nccc(C)c2C(=O)OC(C)C)C1. The molecular formula is C23H31N3O2. The summed E-state index contributed by atoms with van der Waals surface area (Å²) in [5.74, 6) is 0.472. The molecule has 1 fully saturated rings. The molecule has 1 aliphatic heterocycles. The highest BCUT2D eigenvalue weighted by atomic mass is 16.5. The molecule has 28 heavy (non-hydrogen) atoms. The third-order valence-corrected chi connectivity index (χ3v) is 5.30. The highest BCUT2D eigenvalue weighted by Gasteiger charge is 2.31. The molecule has 0 amide bonds. The zero-order valence-electron chi connectivity index (χ0n) is 17.4. The Morgan fingerprint density at radius 2 is 2.04 bits per heavy atom. The summed E-state index contributed by atoms with van der Waals surface area (Å²) >= 11 is 0. The van der Waals surface area contributed by atoms with Crippen molar-refractivity contribution in [1.82, 2.24) is 9.88 Å². The van der Waals surface area contributed by atoms with Gasteiger partial charge in [0.1, 0.15) is 11.4 Å². The van der Waals surface area contributed by atoms with E-state index in [1.807, 2.05) is 26.8 Å². The lowest BCUT2D eigenvalue weighted by molar-refractivity contribution is 0.0377. The van der Waals surface area contributed by atoms with Gasteiger partial charge in [-0.05, 0) is 50.9 Å². The highest BCUT2D eigenvalue weighted by molar-refractivity contribution is 5.96. The molecule has 1 atom stereocenters. The van der Waals surface area contributed by atoms with Crippen LogP contribution in [0.3, 0.4) is 0 Å². The molecule has 0 aliphatic carbocycles. The van der Waals surface area contributed by atoms with Crippen LogP contribution in [0, 0.1) is 6.92 Å². The maximum Gasteiger partial charge on any atom is 0.342 e. The molecule has 0 radical (unpaired) electrons. The number of hydrogen-bond donors (Lipinski definition) is 0. The van der Waals surface area contributed by atoms with Crippen LogP contribution in [-0.4, -0.2) is 47.6 Å². The van der Waals surface area contributed by atoms with Crippen LogP contribution in [0.15, 0.2) is 42.6 Å². The Hall–Kier alpha value is -2.40. The summed E-state index contributed by atoms with van der Waals surface area (Å²) in [5.41, 5.74) is 2.84. The van der Waals surface area contributed by atoms with Gasteiger partial charge in [-0.1, -0.05) is 37.3 Å². The molecule has 0 N–H and O–H groups in total. The third-order valence-electron chi connectivity index (χ3n) is 5.30. The summed E-state index contributed by atoms with van der Waals surface area (Å²) in [4.78, 5) is 22.0. The maximum atomic E-state index is 12.7. The molecule has 0 spiro atoms. The molecule has 1 saturated heterocycles. The average Bonchev–Trinajstić information content (AvgIpc) is 3.16. The molecule has 2 aromatic rings. The first-order chi connectivity index (χ1) is 13.5. The van der Waals surface area contributed by atoms with Crippen molar-refractivity contribution >= 4 is 11.8 Å². The van der Waals surface area contributed by atoms with E-state index in [1.165, 1.54) is 5.56 Å². The van der Waals surface area contributed by atoms with Gasteiger partial charge >= 0.3 is 5.97 Å². The van der Waals surface area contributed by atoms with Gasteiger partial charge in [0.15, 0.2) is 0 Å². The zero-order valence-corrected chi connectivity index (χ0v) is 17.4. The Balaban J connectivity index is 1.76. The summed E-state index contributed by atoms with van der Waals surface area (Å²) in [6, 6.07) is 12.9. The number of carbonyl (C=O) groups is 1. The predicted octanol–water partition coefficient (Wildman–Crippen LogP) is 4.06. The van der Waals surface area contributed by atoms with Crippen molar-refractivity contribution in [2.45, 2.75) is 52.8 Å². The Labute approximate surface area is 168 Å². The van der Waals surface area contributed by atoms with Gasteiger partial charge < -0.3 is 9.64 Å². The van der Waals surface area contributed by atoms with Crippen LogP contribution in [0.4, 0.5) is 5.82 Å². The monoisotopic (exact) mass is 381 g/mol. The highest BCUT2D eigenvalue weighted by Crippen LogP contribution is 2.28. The van der Waals surface area contributed by atoms with E-state index in [1.54, 1.807) is 6.20 Å². The topological polar surface area (TPSA) is 45.7 Å². The number of esters is 1. The summed E-state index contributed by atoms with van der Waals surface area (Å²) < 4.78 is 5.48. The van der Waals surface area contributed by atoms with Crippen LogP contribution in [-0.2, 0) is 11.3 Å². The Kier molecular flexibility index (Phi) is 6.68. The second-order valence-corrected chi connectivity index (χ2v) is 7.72. The number of aryl methyl sites for hydroxylation is 1. The van der Waals surface area contributed by atoms with Gasteiger partial charge in [0, 0.05) is 31.9 Å². The second kappa shape index (κ2) is 9.20. The number of anilines is 1. The van der Waals surface area contributed by atoms with Gasteiger partial charge in [-0.25, -0.2) is 9.78 Å².